The maximum Gasteiger partial charge on any atom is 0.108 e. The minimum Gasteiger partial charge on any atom is -0.394 e. The molecule has 4 unspecified atom stereocenters. The van der Waals surface area contributed by atoms with Crippen molar-refractivity contribution in [2.75, 3.05) is 13.2 Å². The molecule has 0 rings (SSSR count). The van der Waals surface area contributed by atoms with Gasteiger partial charge in [-0.2, -0.15) is 0 Å². The lowest BCUT2D eigenvalue weighted by Crippen LogP contribution is -2.42. The van der Waals surface area contributed by atoms with E-state index in [0.29, 0.717) is 0 Å². The molecule has 0 aliphatic carbocycles. The van der Waals surface area contributed by atoms with Gasteiger partial charge in [0, 0.05) is 0 Å². The van der Waals surface area contributed by atoms with Crippen LogP contribution in [0.2, 0.25) is 0 Å². The number of unbranched alkanes of at least 4 members (excludes halogenated alkanes) is 4. The second-order valence-corrected chi connectivity index (χ2v) is 8.30. The van der Waals surface area contributed by atoms with Crippen LogP contribution in [0.25, 0.3) is 0 Å². The molecule has 0 saturated heterocycles. The fourth-order valence-electron chi connectivity index (χ4n) is 3.19. The van der Waals surface area contributed by atoms with Crippen molar-refractivity contribution in [1.29, 1.82) is 0 Å². The predicted octanol–water partition coefficient (Wildman–Crippen LogP) is 4.61. The van der Waals surface area contributed by atoms with Crippen molar-refractivity contribution in [1.82, 2.24) is 0 Å². The molecule has 0 fully saturated rings. The molecule has 5 heteroatoms. The SMILES string of the molecule is CCCCC=CC(C)=C(C)C(OC(C(C)=C(C)C=CCCCC)C(O)CO)C(O)CO. The maximum absolute atomic E-state index is 10.5. The average Bonchev–Trinajstić information content (AvgIpc) is 2.78. The largest absolute Gasteiger partial charge is 0.394 e. The molecule has 0 heterocycles. The molecule has 0 aromatic rings. The van der Waals surface area contributed by atoms with Gasteiger partial charge in [0.05, 0.1) is 13.2 Å². The summed E-state index contributed by atoms with van der Waals surface area (Å²) >= 11 is 0. The molecule has 0 aliphatic heterocycles. The molecule has 0 bridgehead atoms. The zero-order chi connectivity index (χ0) is 23.8. The van der Waals surface area contributed by atoms with Gasteiger partial charge < -0.3 is 25.2 Å². The first-order valence-electron chi connectivity index (χ1n) is 11.7. The average molecular weight is 439 g/mol. The Labute approximate surface area is 189 Å². The van der Waals surface area contributed by atoms with Crippen LogP contribution in [0.5, 0.6) is 0 Å². The summed E-state index contributed by atoms with van der Waals surface area (Å²) in [5.74, 6) is 0. The van der Waals surface area contributed by atoms with Crippen LogP contribution in [0, 0.1) is 0 Å². The van der Waals surface area contributed by atoms with Gasteiger partial charge in [0.2, 0.25) is 0 Å². The summed E-state index contributed by atoms with van der Waals surface area (Å²) < 4.78 is 6.17. The second-order valence-electron chi connectivity index (χ2n) is 8.30. The Hall–Kier alpha value is -1.24. The zero-order valence-electron chi connectivity index (χ0n) is 20.5. The first-order valence-corrected chi connectivity index (χ1v) is 11.7. The number of aliphatic hydroxyl groups is 4. The number of rotatable bonds is 16. The van der Waals surface area contributed by atoms with Gasteiger partial charge in [0.15, 0.2) is 0 Å². The van der Waals surface area contributed by atoms with Crippen molar-refractivity contribution in [3.63, 3.8) is 0 Å². The highest BCUT2D eigenvalue weighted by Gasteiger charge is 2.30. The van der Waals surface area contributed by atoms with Crippen molar-refractivity contribution in [2.24, 2.45) is 0 Å². The lowest BCUT2D eigenvalue weighted by Gasteiger charge is -2.32. The number of hydrogen-bond donors (Lipinski definition) is 4. The normalized spacial score (nSPS) is 18.1. The molecule has 0 amide bonds. The van der Waals surface area contributed by atoms with E-state index >= 15 is 0 Å². The number of ether oxygens (including phenoxy) is 1. The molecule has 0 spiro atoms. The Kier molecular flexibility index (Phi) is 16.6. The molecular weight excluding hydrogens is 392 g/mol. The monoisotopic (exact) mass is 438 g/mol. The van der Waals surface area contributed by atoms with Crippen molar-refractivity contribution < 1.29 is 25.2 Å². The fraction of sp³-hybridized carbons (Fsp3) is 0.692. The minimum absolute atomic E-state index is 0.463. The van der Waals surface area contributed by atoms with E-state index < -0.39 is 37.6 Å². The van der Waals surface area contributed by atoms with E-state index in [1.807, 2.05) is 39.8 Å². The molecule has 0 saturated carbocycles. The molecule has 180 valence electrons. The van der Waals surface area contributed by atoms with Gasteiger partial charge in [0.1, 0.15) is 24.4 Å². The molecule has 0 aromatic carbocycles. The van der Waals surface area contributed by atoms with Gasteiger partial charge in [-0.3, -0.25) is 0 Å². The van der Waals surface area contributed by atoms with E-state index in [0.717, 1.165) is 60.8 Å². The molecular formula is C26H46O5. The van der Waals surface area contributed by atoms with Crippen LogP contribution in [0.1, 0.15) is 80.1 Å². The Bertz CT molecular complexity index is 551. The summed E-state index contributed by atoms with van der Waals surface area (Å²) in [6.45, 7) is 11.0. The fourth-order valence-corrected chi connectivity index (χ4v) is 3.19. The van der Waals surface area contributed by atoms with Crippen molar-refractivity contribution in [3.8, 4) is 0 Å². The first-order chi connectivity index (χ1) is 14.7. The van der Waals surface area contributed by atoms with E-state index in [2.05, 4.69) is 26.0 Å². The molecule has 31 heavy (non-hydrogen) atoms. The van der Waals surface area contributed by atoms with Crippen LogP contribution in [0.4, 0.5) is 0 Å². The van der Waals surface area contributed by atoms with Gasteiger partial charge >= 0.3 is 0 Å². The van der Waals surface area contributed by atoms with E-state index in [1.165, 1.54) is 0 Å². The van der Waals surface area contributed by atoms with Crippen molar-refractivity contribution in [3.05, 3.63) is 46.6 Å². The Morgan fingerprint density at radius 1 is 0.710 bits per heavy atom. The molecule has 0 aliphatic rings. The summed E-state index contributed by atoms with van der Waals surface area (Å²) in [6, 6.07) is 0. The van der Waals surface area contributed by atoms with Gasteiger partial charge in [0.25, 0.3) is 0 Å². The number of allylic oxidation sites excluding steroid dienone is 6. The third-order valence-electron chi connectivity index (χ3n) is 5.65. The van der Waals surface area contributed by atoms with Gasteiger partial charge in [-0.05, 0) is 62.8 Å². The molecule has 0 radical (unpaired) electrons. The van der Waals surface area contributed by atoms with Gasteiger partial charge in [-0.1, -0.05) is 63.8 Å². The van der Waals surface area contributed by atoms with Gasteiger partial charge in [-0.25, -0.2) is 0 Å². The van der Waals surface area contributed by atoms with Crippen LogP contribution in [0.3, 0.4) is 0 Å². The second kappa shape index (κ2) is 17.3. The summed E-state index contributed by atoms with van der Waals surface area (Å²) in [5, 5.41) is 40.1. The number of hydrogen-bond acceptors (Lipinski definition) is 5. The van der Waals surface area contributed by atoms with Crippen LogP contribution >= 0.6 is 0 Å². The third kappa shape index (κ3) is 11.3. The predicted molar refractivity (Wildman–Crippen MR) is 129 cm³/mol. The van der Waals surface area contributed by atoms with Crippen LogP contribution in [-0.4, -0.2) is 58.1 Å². The third-order valence-corrected chi connectivity index (χ3v) is 5.65. The Balaban J connectivity index is 5.84. The highest BCUT2D eigenvalue weighted by molar-refractivity contribution is 5.28. The van der Waals surface area contributed by atoms with E-state index in [-0.39, 0.29) is 0 Å². The number of aliphatic hydroxyl groups excluding tert-OH is 4. The summed E-state index contributed by atoms with van der Waals surface area (Å²) in [6.07, 6.45) is 10.8. The smallest absolute Gasteiger partial charge is 0.108 e. The topological polar surface area (TPSA) is 90.2 Å². The highest BCUT2D eigenvalue weighted by Crippen LogP contribution is 2.24. The summed E-state index contributed by atoms with van der Waals surface area (Å²) in [4.78, 5) is 0. The lowest BCUT2D eigenvalue weighted by atomic mass is 9.97. The van der Waals surface area contributed by atoms with E-state index in [9.17, 15) is 20.4 Å². The molecule has 4 atom stereocenters. The first kappa shape index (κ1) is 29.8. The summed E-state index contributed by atoms with van der Waals surface area (Å²) in [5.41, 5.74) is 3.47. The molecule has 5 nitrogen and oxygen atoms in total. The van der Waals surface area contributed by atoms with Crippen molar-refractivity contribution >= 4 is 0 Å². The van der Waals surface area contributed by atoms with E-state index in [4.69, 9.17) is 4.74 Å². The zero-order valence-corrected chi connectivity index (χ0v) is 20.5. The molecule has 4 N–H and O–H groups in total. The highest BCUT2D eigenvalue weighted by atomic mass is 16.5. The summed E-state index contributed by atoms with van der Waals surface area (Å²) in [7, 11) is 0. The van der Waals surface area contributed by atoms with Gasteiger partial charge in [-0.15, -0.1) is 0 Å². The van der Waals surface area contributed by atoms with Crippen molar-refractivity contribution in [2.45, 2.75) is 104 Å². The quantitative estimate of drug-likeness (QED) is 0.209. The molecule has 0 aromatic heterocycles. The lowest BCUT2D eigenvalue weighted by molar-refractivity contribution is -0.105. The van der Waals surface area contributed by atoms with Crippen LogP contribution in [0.15, 0.2) is 46.6 Å². The standard InChI is InChI=1S/C26H46O5/c1-7-9-11-13-15-19(3)21(5)25(23(29)17-27)31-26(24(30)18-28)22(6)20(4)16-14-12-10-8-2/h13-16,23-30H,7-12,17-18H2,1-6H3. The van der Waals surface area contributed by atoms with Crippen LogP contribution < -0.4 is 0 Å². The van der Waals surface area contributed by atoms with E-state index in [1.54, 1.807) is 0 Å². The Morgan fingerprint density at radius 3 is 1.35 bits per heavy atom. The minimum atomic E-state index is -1.14. The Morgan fingerprint density at radius 2 is 1.06 bits per heavy atom. The maximum atomic E-state index is 10.5. The van der Waals surface area contributed by atoms with Crippen LogP contribution in [-0.2, 0) is 4.74 Å².